The van der Waals surface area contributed by atoms with Crippen LogP contribution in [-0.4, -0.2) is 25.5 Å². The normalized spacial score (nSPS) is 15.2. The lowest BCUT2D eigenvalue weighted by Gasteiger charge is -2.19. The van der Waals surface area contributed by atoms with E-state index < -0.39 is 0 Å². The fourth-order valence-corrected chi connectivity index (χ4v) is 1.55. The van der Waals surface area contributed by atoms with Gasteiger partial charge in [0.1, 0.15) is 0 Å². The zero-order valence-corrected chi connectivity index (χ0v) is 10.2. The molecule has 14 heavy (non-hydrogen) atoms. The standard InChI is InChI=1S/C13H25N/c1-7-12(3)13(4)10-11(2)8-9-14(5)6/h7,11,13H,1,3,8-10H2,2,4-6H3. The molecule has 0 rings (SSSR count). The van der Waals surface area contributed by atoms with Gasteiger partial charge in [-0.05, 0) is 45.3 Å². The summed E-state index contributed by atoms with van der Waals surface area (Å²) in [4.78, 5) is 2.24. The Kier molecular flexibility index (Phi) is 6.56. The van der Waals surface area contributed by atoms with Crippen molar-refractivity contribution in [3.63, 3.8) is 0 Å². The lowest BCUT2D eigenvalue weighted by Crippen LogP contribution is -2.16. The van der Waals surface area contributed by atoms with Gasteiger partial charge < -0.3 is 4.90 Å². The van der Waals surface area contributed by atoms with Crippen LogP contribution < -0.4 is 0 Å². The number of hydrogen-bond donors (Lipinski definition) is 0. The van der Waals surface area contributed by atoms with E-state index in [0.29, 0.717) is 5.92 Å². The Morgan fingerprint density at radius 3 is 2.36 bits per heavy atom. The Bertz CT molecular complexity index is 182. The molecule has 0 aliphatic rings. The predicted molar refractivity (Wildman–Crippen MR) is 65.5 cm³/mol. The first-order valence-electron chi connectivity index (χ1n) is 5.43. The van der Waals surface area contributed by atoms with Crippen molar-refractivity contribution in [2.75, 3.05) is 20.6 Å². The number of nitrogens with zero attached hydrogens (tertiary/aromatic N) is 1. The molecule has 2 unspecified atom stereocenters. The van der Waals surface area contributed by atoms with Gasteiger partial charge in [0.25, 0.3) is 0 Å². The predicted octanol–water partition coefficient (Wildman–Crippen LogP) is 3.34. The number of allylic oxidation sites excluding steroid dienone is 2. The summed E-state index contributed by atoms with van der Waals surface area (Å²) < 4.78 is 0. The van der Waals surface area contributed by atoms with Crippen molar-refractivity contribution in [3.05, 3.63) is 24.8 Å². The van der Waals surface area contributed by atoms with Gasteiger partial charge in [-0.2, -0.15) is 0 Å². The van der Waals surface area contributed by atoms with Crippen LogP contribution in [0.5, 0.6) is 0 Å². The van der Waals surface area contributed by atoms with Gasteiger partial charge in [-0.15, -0.1) is 0 Å². The monoisotopic (exact) mass is 195 g/mol. The van der Waals surface area contributed by atoms with Crippen molar-refractivity contribution in [2.24, 2.45) is 11.8 Å². The van der Waals surface area contributed by atoms with Crippen LogP contribution in [0.2, 0.25) is 0 Å². The second-order valence-electron chi connectivity index (χ2n) is 4.61. The third-order valence-corrected chi connectivity index (χ3v) is 2.72. The summed E-state index contributed by atoms with van der Waals surface area (Å²) in [6.45, 7) is 13.5. The first-order chi connectivity index (χ1) is 6.47. The summed E-state index contributed by atoms with van der Waals surface area (Å²) in [7, 11) is 4.25. The lowest BCUT2D eigenvalue weighted by molar-refractivity contribution is 0.337. The van der Waals surface area contributed by atoms with E-state index in [-0.39, 0.29) is 0 Å². The van der Waals surface area contributed by atoms with Crippen molar-refractivity contribution in [3.8, 4) is 0 Å². The van der Waals surface area contributed by atoms with Crippen LogP contribution in [0.3, 0.4) is 0 Å². The topological polar surface area (TPSA) is 3.24 Å². The van der Waals surface area contributed by atoms with Gasteiger partial charge in [-0.1, -0.05) is 38.7 Å². The third-order valence-electron chi connectivity index (χ3n) is 2.72. The maximum Gasteiger partial charge on any atom is -0.00223 e. The Morgan fingerprint density at radius 2 is 1.93 bits per heavy atom. The largest absolute Gasteiger partial charge is 0.309 e. The van der Waals surface area contributed by atoms with Crippen LogP contribution in [-0.2, 0) is 0 Å². The summed E-state index contributed by atoms with van der Waals surface area (Å²) in [5.74, 6) is 1.34. The molecule has 0 aromatic carbocycles. The molecule has 0 spiro atoms. The van der Waals surface area contributed by atoms with Gasteiger partial charge in [-0.3, -0.25) is 0 Å². The first-order valence-corrected chi connectivity index (χ1v) is 5.43. The molecule has 0 aromatic heterocycles. The molecule has 0 saturated carbocycles. The van der Waals surface area contributed by atoms with E-state index in [1.54, 1.807) is 0 Å². The summed E-state index contributed by atoms with van der Waals surface area (Å²) >= 11 is 0. The molecule has 0 aliphatic carbocycles. The molecule has 0 N–H and O–H groups in total. The highest BCUT2D eigenvalue weighted by molar-refractivity contribution is 5.13. The number of rotatable bonds is 7. The second kappa shape index (κ2) is 6.83. The molecule has 0 saturated heterocycles. The molecule has 0 aromatic rings. The first kappa shape index (κ1) is 13.4. The van der Waals surface area contributed by atoms with Crippen LogP contribution in [0.4, 0.5) is 0 Å². The van der Waals surface area contributed by atoms with E-state index in [4.69, 9.17) is 0 Å². The summed E-state index contributed by atoms with van der Waals surface area (Å²) in [5, 5.41) is 0. The van der Waals surface area contributed by atoms with Gasteiger partial charge in [0.05, 0.1) is 0 Å². The highest BCUT2D eigenvalue weighted by Gasteiger charge is 2.09. The van der Waals surface area contributed by atoms with E-state index >= 15 is 0 Å². The van der Waals surface area contributed by atoms with Crippen molar-refractivity contribution < 1.29 is 0 Å². The fourth-order valence-electron chi connectivity index (χ4n) is 1.55. The van der Waals surface area contributed by atoms with Crippen LogP contribution >= 0.6 is 0 Å². The molecular weight excluding hydrogens is 170 g/mol. The van der Waals surface area contributed by atoms with E-state index in [9.17, 15) is 0 Å². The van der Waals surface area contributed by atoms with E-state index in [0.717, 1.165) is 5.92 Å². The highest BCUT2D eigenvalue weighted by atomic mass is 15.0. The Hall–Kier alpha value is -0.560. The van der Waals surface area contributed by atoms with Gasteiger partial charge >= 0.3 is 0 Å². The molecule has 0 amide bonds. The van der Waals surface area contributed by atoms with Gasteiger partial charge in [-0.25, -0.2) is 0 Å². The SMILES string of the molecule is C=CC(=C)C(C)CC(C)CCN(C)C. The average molecular weight is 195 g/mol. The minimum atomic E-state index is 0.574. The summed E-state index contributed by atoms with van der Waals surface area (Å²) in [6, 6.07) is 0. The molecule has 82 valence electrons. The quantitative estimate of drug-likeness (QED) is 0.563. The van der Waals surface area contributed by atoms with Gasteiger partial charge in [0.2, 0.25) is 0 Å². The molecular formula is C13H25N. The van der Waals surface area contributed by atoms with Crippen molar-refractivity contribution in [2.45, 2.75) is 26.7 Å². The Labute approximate surface area is 89.5 Å². The zero-order valence-electron chi connectivity index (χ0n) is 10.2. The lowest BCUT2D eigenvalue weighted by atomic mass is 9.90. The molecule has 0 aliphatic heterocycles. The van der Waals surface area contributed by atoms with Crippen LogP contribution in [0.25, 0.3) is 0 Å². The molecule has 0 bridgehead atoms. The molecule has 0 radical (unpaired) electrons. The highest BCUT2D eigenvalue weighted by Crippen LogP contribution is 2.21. The molecule has 1 nitrogen and oxygen atoms in total. The van der Waals surface area contributed by atoms with E-state index in [1.807, 2.05) is 6.08 Å². The molecule has 2 atom stereocenters. The maximum atomic E-state index is 3.99. The Balaban J connectivity index is 3.76. The van der Waals surface area contributed by atoms with Crippen LogP contribution in [0.15, 0.2) is 24.8 Å². The molecule has 0 fully saturated rings. The summed E-state index contributed by atoms with van der Waals surface area (Å²) in [6.07, 6.45) is 4.36. The van der Waals surface area contributed by atoms with Gasteiger partial charge in [0, 0.05) is 0 Å². The zero-order chi connectivity index (χ0) is 11.1. The number of hydrogen-bond acceptors (Lipinski definition) is 1. The second-order valence-corrected chi connectivity index (χ2v) is 4.61. The average Bonchev–Trinajstić information content (AvgIpc) is 2.13. The van der Waals surface area contributed by atoms with E-state index in [2.05, 4.69) is 46.0 Å². The minimum Gasteiger partial charge on any atom is -0.309 e. The van der Waals surface area contributed by atoms with Crippen LogP contribution in [0, 0.1) is 11.8 Å². The molecule has 1 heteroatoms. The smallest absolute Gasteiger partial charge is 0.00223 e. The van der Waals surface area contributed by atoms with Crippen molar-refractivity contribution in [1.82, 2.24) is 4.90 Å². The van der Waals surface area contributed by atoms with Gasteiger partial charge in [0.15, 0.2) is 0 Å². The third kappa shape index (κ3) is 5.98. The van der Waals surface area contributed by atoms with E-state index in [1.165, 1.54) is 25.0 Å². The maximum absolute atomic E-state index is 3.99. The van der Waals surface area contributed by atoms with Crippen molar-refractivity contribution in [1.29, 1.82) is 0 Å². The summed E-state index contributed by atoms with van der Waals surface area (Å²) in [5.41, 5.74) is 1.17. The fraction of sp³-hybridized carbons (Fsp3) is 0.692. The minimum absolute atomic E-state index is 0.574. The molecule has 0 heterocycles. The van der Waals surface area contributed by atoms with Crippen LogP contribution in [0.1, 0.15) is 26.7 Å². The Morgan fingerprint density at radius 1 is 1.36 bits per heavy atom. The van der Waals surface area contributed by atoms with Crippen molar-refractivity contribution >= 4 is 0 Å².